The van der Waals surface area contributed by atoms with Crippen molar-refractivity contribution in [1.82, 2.24) is 48.9 Å². The van der Waals surface area contributed by atoms with E-state index in [1.165, 1.54) is 0 Å². The van der Waals surface area contributed by atoms with Gasteiger partial charge in [-0.05, 0) is 32.1 Å². The van der Waals surface area contributed by atoms with E-state index in [9.17, 15) is 0 Å². The van der Waals surface area contributed by atoms with Gasteiger partial charge in [-0.1, -0.05) is 34.6 Å². The zero-order valence-electron chi connectivity index (χ0n) is 34.3. The molecule has 0 aliphatic heterocycles. The van der Waals surface area contributed by atoms with Gasteiger partial charge in [0.1, 0.15) is 29.1 Å². The number of hydrogen-bond donors (Lipinski definition) is 10. The van der Waals surface area contributed by atoms with Gasteiger partial charge in [0.15, 0.2) is 0 Å². The molecule has 60 heavy (non-hydrogen) atoms. The van der Waals surface area contributed by atoms with Crippen LogP contribution in [0.3, 0.4) is 0 Å². The molecule has 0 atom stereocenters. The van der Waals surface area contributed by atoms with E-state index in [1.807, 2.05) is 0 Å². The molecule has 0 aliphatic rings. The lowest BCUT2D eigenvalue weighted by atomic mass is 10.5. The monoisotopic (exact) mass is 1190 g/mol. The summed E-state index contributed by atoms with van der Waals surface area (Å²) in [6, 6.07) is 0. The van der Waals surface area contributed by atoms with Crippen molar-refractivity contribution in [2.45, 2.75) is 99.4 Å². The number of anilines is 10. The minimum atomic E-state index is 0. The first-order valence-electron chi connectivity index (χ1n) is 16.6. The summed E-state index contributed by atoms with van der Waals surface area (Å²) in [4.78, 5) is 0. The molecule has 0 aromatic carbocycles. The highest BCUT2D eigenvalue weighted by Gasteiger charge is 2.03. The standard InChI is InChI=1S/5C6H12N4.3BrH.7ClH/c5*1-2-3-10-6(8)5(7)4-9-10;;;;;;;;;;/h5*4H,2-3,7-8H2,1H3;10*1H. The van der Waals surface area contributed by atoms with Crippen LogP contribution in [0.25, 0.3) is 0 Å². The third-order valence-corrected chi connectivity index (χ3v) is 6.73. The maximum atomic E-state index is 5.56. The molecule has 5 rings (SSSR count). The first kappa shape index (κ1) is 81.4. The molecule has 360 valence electrons. The van der Waals surface area contributed by atoms with Crippen LogP contribution in [0.1, 0.15) is 66.7 Å². The van der Waals surface area contributed by atoms with Crippen LogP contribution in [0.2, 0.25) is 0 Å². The number of nitrogen functional groups attached to an aromatic ring is 10. The third kappa shape index (κ3) is 27.5. The fourth-order valence-corrected chi connectivity index (χ4v) is 4.00. The number of rotatable bonds is 10. The Balaban J connectivity index is -0.0000000625. The molecule has 0 radical (unpaired) electrons. The van der Waals surface area contributed by atoms with E-state index in [4.69, 9.17) is 57.3 Å². The first-order chi connectivity index (χ1) is 23.8. The molecule has 0 saturated carbocycles. The Morgan fingerprint density at radius 3 is 0.483 bits per heavy atom. The number of hydrogen-bond acceptors (Lipinski definition) is 15. The van der Waals surface area contributed by atoms with Crippen LogP contribution in [0.4, 0.5) is 57.5 Å². The minimum Gasteiger partial charge on any atom is -0.394 e. The predicted octanol–water partition coefficient (Wildman–Crippen LogP) is 6.97. The smallest absolute Gasteiger partial charge is 0.145 e. The van der Waals surface area contributed by atoms with Crippen molar-refractivity contribution in [2.75, 3.05) is 57.3 Å². The first-order valence-corrected chi connectivity index (χ1v) is 16.6. The quantitative estimate of drug-likeness (QED) is 0.0675. The Labute approximate surface area is 428 Å². The van der Waals surface area contributed by atoms with Crippen LogP contribution < -0.4 is 57.3 Å². The third-order valence-electron chi connectivity index (χ3n) is 6.73. The maximum absolute atomic E-state index is 5.56. The number of halogens is 10. The van der Waals surface area contributed by atoms with Crippen molar-refractivity contribution in [3.05, 3.63) is 31.0 Å². The van der Waals surface area contributed by atoms with E-state index in [-0.39, 0.29) is 138 Å². The summed E-state index contributed by atoms with van der Waals surface area (Å²) in [5.74, 6) is 2.86. The normalized spacial score (nSPS) is 8.42. The molecule has 5 aromatic rings. The zero-order chi connectivity index (χ0) is 37.8. The molecule has 0 saturated heterocycles. The van der Waals surface area contributed by atoms with Gasteiger partial charge in [0, 0.05) is 32.7 Å². The van der Waals surface area contributed by atoms with Crippen LogP contribution in [0.15, 0.2) is 31.0 Å². The molecule has 0 aliphatic carbocycles. The van der Waals surface area contributed by atoms with Crippen LogP contribution in [-0.4, -0.2) is 48.9 Å². The van der Waals surface area contributed by atoms with Gasteiger partial charge >= 0.3 is 0 Å². The van der Waals surface area contributed by atoms with E-state index in [2.05, 4.69) is 60.1 Å². The molecule has 0 amide bonds. The molecule has 0 fully saturated rings. The van der Waals surface area contributed by atoms with Gasteiger partial charge in [-0.2, -0.15) is 25.5 Å². The van der Waals surface area contributed by atoms with Gasteiger partial charge in [-0.25, -0.2) is 23.4 Å². The van der Waals surface area contributed by atoms with Crippen molar-refractivity contribution in [1.29, 1.82) is 0 Å². The van der Waals surface area contributed by atoms with E-state index in [1.54, 1.807) is 54.4 Å². The summed E-state index contributed by atoms with van der Waals surface area (Å²) in [6.45, 7) is 14.5. The van der Waals surface area contributed by atoms with Crippen LogP contribution >= 0.6 is 138 Å². The SMILES string of the molecule is Br.Br.Br.CCCn1ncc(N)c1N.CCCn1ncc(N)c1N.CCCn1ncc(N)c1N.CCCn1ncc(N)c1N.CCCn1ncc(N)c1N.Cl.Cl.Cl.Cl.Cl.Cl.Cl. The molecule has 0 unspecified atom stereocenters. The number of aromatic nitrogens is 10. The van der Waals surface area contributed by atoms with E-state index in [0.29, 0.717) is 57.5 Å². The van der Waals surface area contributed by atoms with Crippen molar-refractivity contribution in [2.24, 2.45) is 0 Å². The molecule has 0 bridgehead atoms. The zero-order valence-corrected chi connectivity index (χ0v) is 45.1. The Bertz CT molecular complexity index is 1410. The average molecular weight is 1200 g/mol. The summed E-state index contributed by atoms with van der Waals surface area (Å²) < 4.78 is 8.52. The lowest BCUT2D eigenvalue weighted by Gasteiger charge is -1.99. The molecule has 20 N–H and O–H groups in total. The van der Waals surface area contributed by atoms with E-state index >= 15 is 0 Å². The van der Waals surface area contributed by atoms with Crippen LogP contribution in [0, 0.1) is 0 Å². The van der Waals surface area contributed by atoms with E-state index < -0.39 is 0 Å². The molecule has 5 heterocycles. The van der Waals surface area contributed by atoms with Gasteiger partial charge in [0.2, 0.25) is 0 Å². The van der Waals surface area contributed by atoms with Gasteiger partial charge < -0.3 is 57.3 Å². The van der Waals surface area contributed by atoms with Gasteiger partial charge in [0.25, 0.3) is 0 Å². The Kier molecular flexibility index (Phi) is 60.4. The van der Waals surface area contributed by atoms with Gasteiger partial charge in [0.05, 0.1) is 59.4 Å². The second-order valence-corrected chi connectivity index (χ2v) is 11.0. The predicted molar refractivity (Wildman–Crippen MR) is 288 cm³/mol. The number of nitrogens with two attached hydrogens (primary N) is 10. The average Bonchev–Trinajstić information content (AvgIpc) is 3.88. The second-order valence-electron chi connectivity index (χ2n) is 11.0. The van der Waals surface area contributed by atoms with Gasteiger partial charge in [-0.3, -0.25) is 0 Å². The second kappa shape index (κ2) is 44.6. The molecular weight excluding hydrogens is 1130 g/mol. The Morgan fingerprint density at radius 2 is 0.417 bits per heavy atom. The van der Waals surface area contributed by atoms with E-state index in [0.717, 1.165) is 64.8 Å². The topological polar surface area (TPSA) is 349 Å². The van der Waals surface area contributed by atoms with Crippen LogP contribution in [-0.2, 0) is 32.7 Å². The molecule has 5 aromatic heterocycles. The summed E-state index contributed by atoms with van der Waals surface area (Å²) in [5, 5.41) is 19.9. The Morgan fingerprint density at radius 1 is 0.300 bits per heavy atom. The molecular formula is C30H70Br3Cl7N20. The highest BCUT2D eigenvalue weighted by atomic mass is 79.9. The van der Waals surface area contributed by atoms with Crippen LogP contribution in [0.5, 0.6) is 0 Å². The van der Waals surface area contributed by atoms with Gasteiger partial charge in [-0.15, -0.1) is 138 Å². The maximum Gasteiger partial charge on any atom is 0.145 e. The van der Waals surface area contributed by atoms with Crippen molar-refractivity contribution < 1.29 is 0 Å². The summed E-state index contributed by atoms with van der Waals surface area (Å²) in [7, 11) is 0. The molecule has 30 heteroatoms. The number of aryl methyl sites for hydroxylation is 5. The van der Waals surface area contributed by atoms with Crippen molar-refractivity contribution >= 4 is 195 Å². The fourth-order valence-electron chi connectivity index (χ4n) is 4.00. The highest BCUT2D eigenvalue weighted by molar-refractivity contribution is 8.93. The molecule has 0 spiro atoms. The summed E-state index contributed by atoms with van der Waals surface area (Å²) in [6.07, 6.45) is 13.0. The highest BCUT2D eigenvalue weighted by Crippen LogP contribution is 2.15. The molecule has 20 nitrogen and oxygen atoms in total. The number of nitrogens with zero attached hydrogens (tertiary/aromatic N) is 10. The summed E-state index contributed by atoms with van der Waals surface area (Å²) in [5.41, 5.74) is 58.0. The van der Waals surface area contributed by atoms with Crippen molar-refractivity contribution in [3.8, 4) is 0 Å². The largest absolute Gasteiger partial charge is 0.394 e. The Hall–Kier alpha value is -2.48. The minimum absolute atomic E-state index is 0. The lowest BCUT2D eigenvalue weighted by molar-refractivity contribution is 0.611. The summed E-state index contributed by atoms with van der Waals surface area (Å²) >= 11 is 0. The lowest BCUT2D eigenvalue weighted by Crippen LogP contribution is -2.04. The van der Waals surface area contributed by atoms with Crippen molar-refractivity contribution in [3.63, 3.8) is 0 Å². The fraction of sp³-hybridized carbons (Fsp3) is 0.500.